The number of benzene rings is 1. The fourth-order valence-corrected chi connectivity index (χ4v) is 3.99. The van der Waals surface area contributed by atoms with Crippen LogP contribution in [-0.4, -0.2) is 37.1 Å². The molecule has 0 radical (unpaired) electrons. The Kier molecular flexibility index (Phi) is 3.75. The van der Waals surface area contributed by atoms with Crippen molar-refractivity contribution in [2.24, 2.45) is 5.73 Å². The maximum Gasteiger partial charge on any atom is 0.224 e. The minimum atomic E-state index is 0.0690. The van der Waals surface area contributed by atoms with Crippen molar-refractivity contribution in [3.8, 4) is 17.3 Å². The quantitative estimate of drug-likeness (QED) is 0.382. The van der Waals surface area contributed by atoms with Crippen LogP contribution in [0.1, 0.15) is 25.7 Å². The van der Waals surface area contributed by atoms with Crippen molar-refractivity contribution in [1.82, 2.24) is 19.9 Å². The second-order valence-corrected chi connectivity index (χ2v) is 7.26. The van der Waals surface area contributed by atoms with Gasteiger partial charge in [0.25, 0.3) is 0 Å². The van der Waals surface area contributed by atoms with E-state index in [1.165, 1.54) is 6.42 Å². The number of hydrogen-bond donors (Lipinski definition) is 5. The van der Waals surface area contributed by atoms with Crippen LogP contribution in [0.15, 0.2) is 36.5 Å². The highest BCUT2D eigenvalue weighted by Crippen LogP contribution is 2.34. The average molecular weight is 362 g/mol. The fourth-order valence-electron chi connectivity index (χ4n) is 3.99. The summed E-state index contributed by atoms with van der Waals surface area (Å²) in [5, 5.41) is 15.4. The summed E-state index contributed by atoms with van der Waals surface area (Å²) < 4.78 is 0. The van der Waals surface area contributed by atoms with E-state index in [0.29, 0.717) is 22.5 Å². The minimum absolute atomic E-state index is 0.0690. The van der Waals surface area contributed by atoms with Gasteiger partial charge < -0.3 is 26.1 Å². The lowest BCUT2D eigenvalue weighted by atomic mass is 9.91. The molecule has 1 aliphatic rings. The van der Waals surface area contributed by atoms with E-state index in [9.17, 15) is 5.11 Å². The summed E-state index contributed by atoms with van der Waals surface area (Å²) in [7, 11) is 0. The van der Waals surface area contributed by atoms with Crippen LogP contribution in [-0.2, 0) is 0 Å². The number of nitrogens with zero attached hydrogens (tertiary/aromatic N) is 2. The van der Waals surface area contributed by atoms with E-state index in [0.717, 1.165) is 35.9 Å². The van der Waals surface area contributed by atoms with Gasteiger partial charge in [-0.3, -0.25) is 0 Å². The molecule has 1 aromatic carbocycles. The van der Waals surface area contributed by atoms with Gasteiger partial charge in [-0.1, -0.05) is 31.0 Å². The number of H-pyrrole nitrogens is 2. The number of fused-ring (bicyclic) bond motifs is 2. The Morgan fingerprint density at radius 3 is 2.85 bits per heavy atom. The van der Waals surface area contributed by atoms with Crippen LogP contribution in [0, 0.1) is 0 Å². The molecule has 138 valence electrons. The van der Waals surface area contributed by atoms with E-state index in [1.54, 1.807) is 6.20 Å². The van der Waals surface area contributed by atoms with Crippen LogP contribution in [0.5, 0.6) is 5.88 Å². The summed E-state index contributed by atoms with van der Waals surface area (Å²) in [6.07, 6.45) is 6.06. The van der Waals surface area contributed by atoms with Gasteiger partial charge in [-0.05, 0) is 25.0 Å². The molecule has 4 aromatic rings. The standard InChI is InChI=1S/C20H22N6O/c21-12-6-2-4-8-14(12)24-20-25-16-10-22-19(27)17(16)18(26-20)15-9-11-5-1-3-7-13(11)23-15/h1,3,5,7,9-10,12,14,22-23,27H,2,4,6,8,21H2,(H,24,25). The van der Waals surface area contributed by atoms with E-state index in [1.807, 2.05) is 30.3 Å². The van der Waals surface area contributed by atoms with Crippen molar-refractivity contribution in [3.63, 3.8) is 0 Å². The topological polar surface area (TPSA) is 116 Å². The third-order valence-electron chi connectivity index (χ3n) is 5.44. The van der Waals surface area contributed by atoms with Gasteiger partial charge in [0.15, 0.2) is 5.88 Å². The first-order valence-electron chi connectivity index (χ1n) is 9.37. The first kappa shape index (κ1) is 16.1. The first-order valence-corrected chi connectivity index (χ1v) is 9.37. The molecular formula is C20H22N6O. The predicted molar refractivity (Wildman–Crippen MR) is 107 cm³/mol. The zero-order chi connectivity index (χ0) is 18.4. The number of aromatic amines is 2. The molecule has 6 N–H and O–H groups in total. The van der Waals surface area contributed by atoms with Gasteiger partial charge >= 0.3 is 0 Å². The molecule has 3 aromatic heterocycles. The largest absolute Gasteiger partial charge is 0.494 e. The molecule has 0 bridgehead atoms. The van der Waals surface area contributed by atoms with Gasteiger partial charge in [0, 0.05) is 29.2 Å². The summed E-state index contributed by atoms with van der Waals surface area (Å²) in [5.74, 6) is 0.608. The number of hydrogen-bond acceptors (Lipinski definition) is 5. The Morgan fingerprint density at radius 1 is 1.15 bits per heavy atom. The molecule has 2 atom stereocenters. The van der Waals surface area contributed by atoms with E-state index in [-0.39, 0.29) is 18.0 Å². The van der Waals surface area contributed by atoms with Gasteiger partial charge in [0.2, 0.25) is 5.95 Å². The van der Waals surface area contributed by atoms with Crippen LogP contribution < -0.4 is 11.1 Å². The van der Waals surface area contributed by atoms with Crippen LogP contribution in [0.25, 0.3) is 33.2 Å². The van der Waals surface area contributed by atoms with Gasteiger partial charge in [0.1, 0.15) is 5.69 Å². The second-order valence-electron chi connectivity index (χ2n) is 7.26. The van der Waals surface area contributed by atoms with Crippen molar-refractivity contribution in [1.29, 1.82) is 0 Å². The SMILES string of the molecule is NC1CCCCC1Nc1nc(-c2cc3ccccc3[nH]2)c2c(O)[nH]cc2n1. The maximum atomic E-state index is 10.3. The van der Waals surface area contributed by atoms with Crippen molar-refractivity contribution >= 4 is 27.8 Å². The molecule has 1 saturated carbocycles. The van der Waals surface area contributed by atoms with E-state index >= 15 is 0 Å². The Morgan fingerprint density at radius 2 is 2.00 bits per heavy atom. The summed E-state index contributed by atoms with van der Waals surface area (Å²) in [5.41, 5.74) is 9.48. The molecule has 1 fully saturated rings. The van der Waals surface area contributed by atoms with Crippen LogP contribution in [0.2, 0.25) is 0 Å². The summed E-state index contributed by atoms with van der Waals surface area (Å²) in [6.45, 7) is 0. The average Bonchev–Trinajstić information content (AvgIpc) is 3.27. The zero-order valence-electron chi connectivity index (χ0n) is 14.9. The van der Waals surface area contributed by atoms with Crippen LogP contribution in [0.3, 0.4) is 0 Å². The van der Waals surface area contributed by atoms with E-state index in [4.69, 9.17) is 10.7 Å². The van der Waals surface area contributed by atoms with Gasteiger partial charge in [0.05, 0.1) is 16.6 Å². The molecule has 7 nitrogen and oxygen atoms in total. The number of para-hydroxylation sites is 1. The molecule has 1 aliphatic carbocycles. The Balaban J connectivity index is 1.62. The lowest BCUT2D eigenvalue weighted by molar-refractivity contribution is 0.402. The zero-order valence-corrected chi connectivity index (χ0v) is 14.9. The van der Waals surface area contributed by atoms with Crippen molar-refractivity contribution in [2.45, 2.75) is 37.8 Å². The highest BCUT2D eigenvalue weighted by atomic mass is 16.3. The number of anilines is 1. The molecular weight excluding hydrogens is 340 g/mol. The van der Waals surface area contributed by atoms with E-state index < -0.39 is 0 Å². The summed E-state index contributed by atoms with van der Waals surface area (Å²) in [4.78, 5) is 15.6. The van der Waals surface area contributed by atoms with Gasteiger partial charge in [-0.2, -0.15) is 0 Å². The normalized spacial score (nSPS) is 20.3. The second kappa shape index (κ2) is 6.28. The molecule has 0 aliphatic heterocycles. The molecule has 7 heteroatoms. The van der Waals surface area contributed by atoms with E-state index in [2.05, 4.69) is 20.3 Å². The Labute approximate surface area is 156 Å². The van der Waals surface area contributed by atoms with Crippen LogP contribution in [0.4, 0.5) is 5.95 Å². The lowest BCUT2D eigenvalue weighted by Gasteiger charge is -2.29. The van der Waals surface area contributed by atoms with Gasteiger partial charge in [-0.15, -0.1) is 0 Å². The van der Waals surface area contributed by atoms with Crippen molar-refractivity contribution < 1.29 is 5.11 Å². The number of aromatic hydroxyl groups is 1. The monoisotopic (exact) mass is 362 g/mol. The molecule has 0 spiro atoms. The van der Waals surface area contributed by atoms with Crippen molar-refractivity contribution in [2.75, 3.05) is 5.32 Å². The van der Waals surface area contributed by atoms with Crippen molar-refractivity contribution in [3.05, 3.63) is 36.5 Å². The van der Waals surface area contributed by atoms with Crippen LogP contribution >= 0.6 is 0 Å². The van der Waals surface area contributed by atoms with Gasteiger partial charge in [-0.25, -0.2) is 9.97 Å². The molecule has 5 rings (SSSR count). The highest BCUT2D eigenvalue weighted by molar-refractivity contribution is 5.98. The summed E-state index contributed by atoms with van der Waals surface area (Å²) >= 11 is 0. The smallest absolute Gasteiger partial charge is 0.224 e. The predicted octanol–water partition coefficient (Wildman–Crippen LogP) is 3.49. The Bertz CT molecular complexity index is 1080. The third kappa shape index (κ3) is 2.80. The number of nitrogens with two attached hydrogens (primary N) is 1. The maximum absolute atomic E-state index is 10.3. The highest BCUT2D eigenvalue weighted by Gasteiger charge is 2.24. The first-order chi connectivity index (χ1) is 13.2. The fraction of sp³-hybridized carbons (Fsp3) is 0.300. The number of aromatic nitrogens is 4. The summed E-state index contributed by atoms with van der Waals surface area (Å²) in [6, 6.07) is 10.4. The third-order valence-corrected chi connectivity index (χ3v) is 5.44. The molecule has 0 amide bonds. The molecule has 27 heavy (non-hydrogen) atoms. The molecule has 2 unspecified atom stereocenters. The Hall–Kier alpha value is -3.06. The number of nitrogens with one attached hydrogen (secondary N) is 3. The molecule has 0 saturated heterocycles. The number of rotatable bonds is 3. The minimum Gasteiger partial charge on any atom is -0.494 e. The molecule has 3 heterocycles. The lowest BCUT2D eigenvalue weighted by Crippen LogP contribution is -2.42.